The van der Waals surface area contributed by atoms with Gasteiger partial charge in [-0.05, 0) is 31.9 Å². The molecule has 3 rings (SSSR count). The zero-order chi connectivity index (χ0) is 16.2. The molecule has 7 heteroatoms. The molecule has 1 aromatic heterocycles. The number of piperidine rings is 1. The minimum absolute atomic E-state index is 0.134. The van der Waals surface area contributed by atoms with Gasteiger partial charge in [-0.2, -0.15) is 0 Å². The van der Waals surface area contributed by atoms with Crippen LogP contribution in [-0.4, -0.2) is 64.3 Å². The molecule has 0 bridgehead atoms. The number of ether oxygens (including phenoxy) is 1. The number of carbonyl (C=O) groups excluding carboxylic acids is 2. The van der Waals surface area contributed by atoms with Crippen LogP contribution in [0.3, 0.4) is 0 Å². The quantitative estimate of drug-likeness (QED) is 0.788. The van der Waals surface area contributed by atoms with E-state index in [1.54, 1.807) is 6.20 Å². The summed E-state index contributed by atoms with van der Waals surface area (Å²) in [5, 5.41) is 0.865. The molecule has 0 saturated carbocycles. The van der Waals surface area contributed by atoms with Gasteiger partial charge in [0.05, 0.1) is 16.8 Å². The molecule has 23 heavy (non-hydrogen) atoms. The van der Waals surface area contributed by atoms with Crippen LogP contribution in [0.25, 0.3) is 0 Å². The SMILES string of the molecule is CC1COC(=O)N1C1CCN(C(=O)CSc2ccccn2)CC1. The van der Waals surface area contributed by atoms with Gasteiger partial charge in [-0.3, -0.25) is 9.69 Å². The van der Waals surface area contributed by atoms with Gasteiger partial charge >= 0.3 is 6.09 Å². The van der Waals surface area contributed by atoms with Crippen LogP contribution in [-0.2, 0) is 9.53 Å². The highest BCUT2D eigenvalue weighted by Crippen LogP contribution is 2.24. The van der Waals surface area contributed by atoms with E-state index in [-0.39, 0.29) is 24.1 Å². The third-order valence-corrected chi connectivity index (χ3v) is 5.25. The Labute approximate surface area is 140 Å². The Balaban J connectivity index is 1.47. The second-order valence-corrected chi connectivity index (χ2v) is 6.90. The number of hydrogen-bond acceptors (Lipinski definition) is 5. The summed E-state index contributed by atoms with van der Waals surface area (Å²) in [6.45, 7) is 3.87. The lowest BCUT2D eigenvalue weighted by Gasteiger charge is -2.37. The second kappa shape index (κ2) is 7.21. The van der Waals surface area contributed by atoms with Crippen LogP contribution < -0.4 is 0 Å². The Morgan fingerprint density at radius 2 is 2.17 bits per heavy atom. The molecule has 2 amide bonds. The fourth-order valence-corrected chi connectivity index (χ4v) is 3.85. The molecule has 0 spiro atoms. The molecule has 0 radical (unpaired) electrons. The molecule has 0 aromatic carbocycles. The predicted octanol–water partition coefficient (Wildman–Crippen LogP) is 2.01. The van der Waals surface area contributed by atoms with Crippen molar-refractivity contribution in [2.75, 3.05) is 25.4 Å². The van der Waals surface area contributed by atoms with E-state index >= 15 is 0 Å². The molecule has 3 heterocycles. The van der Waals surface area contributed by atoms with E-state index in [0.717, 1.165) is 17.9 Å². The summed E-state index contributed by atoms with van der Waals surface area (Å²) in [7, 11) is 0. The number of amides is 2. The van der Waals surface area contributed by atoms with Crippen molar-refractivity contribution in [3.63, 3.8) is 0 Å². The monoisotopic (exact) mass is 335 g/mol. The molecule has 2 aliphatic heterocycles. The Bertz CT molecular complexity index is 561. The normalized spacial score (nSPS) is 22.3. The van der Waals surface area contributed by atoms with Gasteiger partial charge in [-0.25, -0.2) is 9.78 Å². The van der Waals surface area contributed by atoms with Crippen LogP contribution in [0.5, 0.6) is 0 Å². The number of rotatable bonds is 4. The van der Waals surface area contributed by atoms with E-state index in [4.69, 9.17) is 4.74 Å². The minimum Gasteiger partial charge on any atom is -0.447 e. The van der Waals surface area contributed by atoms with Crippen molar-refractivity contribution in [1.29, 1.82) is 0 Å². The Morgan fingerprint density at radius 3 is 2.78 bits per heavy atom. The van der Waals surface area contributed by atoms with Crippen molar-refractivity contribution in [1.82, 2.24) is 14.8 Å². The average Bonchev–Trinajstić information content (AvgIpc) is 2.92. The number of nitrogens with zero attached hydrogens (tertiary/aromatic N) is 3. The van der Waals surface area contributed by atoms with Crippen LogP contribution in [0.1, 0.15) is 19.8 Å². The van der Waals surface area contributed by atoms with Crippen LogP contribution in [0, 0.1) is 0 Å². The Hall–Kier alpha value is -1.76. The summed E-state index contributed by atoms with van der Waals surface area (Å²) in [5.74, 6) is 0.542. The van der Waals surface area contributed by atoms with E-state index in [1.807, 2.05) is 34.9 Å². The highest BCUT2D eigenvalue weighted by molar-refractivity contribution is 7.99. The van der Waals surface area contributed by atoms with Gasteiger partial charge in [0.1, 0.15) is 6.61 Å². The van der Waals surface area contributed by atoms with Crippen molar-refractivity contribution < 1.29 is 14.3 Å². The molecule has 2 aliphatic rings. The van der Waals surface area contributed by atoms with Crippen LogP contribution in [0.4, 0.5) is 4.79 Å². The number of hydrogen-bond donors (Lipinski definition) is 0. The van der Waals surface area contributed by atoms with Gasteiger partial charge in [0.15, 0.2) is 0 Å². The number of likely N-dealkylation sites (tertiary alicyclic amines) is 1. The number of thioether (sulfide) groups is 1. The number of carbonyl (C=O) groups is 2. The van der Waals surface area contributed by atoms with Crippen LogP contribution >= 0.6 is 11.8 Å². The van der Waals surface area contributed by atoms with Crippen molar-refractivity contribution in [2.45, 2.75) is 36.9 Å². The maximum absolute atomic E-state index is 12.3. The van der Waals surface area contributed by atoms with Gasteiger partial charge in [-0.1, -0.05) is 17.8 Å². The molecular formula is C16H21N3O3S. The minimum atomic E-state index is -0.215. The molecule has 1 unspecified atom stereocenters. The van der Waals surface area contributed by atoms with Crippen molar-refractivity contribution in [3.05, 3.63) is 24.4 Å². The first kappa shape index (κ1) is 16.1. The topological polar surface area (TPSA) is 62.7 Å². The average molecular weight is 335 g/mol. The Morgan fingerprint density at radius 1 is 1.39 bits per heavy atom. The lowest BCUT2D eigenvalue weighted by molar-refractivity contribution is -0.129. The zero-order valence-corrected chi connectivity index (χ0v) is 14.0. The first-order valence-corrected chi connectivity index (χ1v) is 8.90. The molecule has 0 aliphatic carbocycles. The molecule has 124 valence electrons. The molecule has 2 saturated heterocycles. The van der Waals surface area contributed by atoms with E-state index in [2.05, 4.69) is 4.98 Å². The molecule has 0 N–H and O–H groups in total. The summed E-state index contributed by atoms with van der Waals surface area (Å²) in [6, 6.07) is 6.01. The molecule has 1 aromatic rings. The predicted molar refractivity (Wildman–Crippen MR) is 87.2 cm³/mol. The fraction of sp³-hybridized carbons (Fsp3) is 0.562. The number of aromatic nitrogens is 1. The van der Waals surface area contributed by atoms with Gasteiger partial charge in [-0.15, -0.1) is 0 Å². The van der Waals surface area contributed by atoms with Crippen molar-refractivity contribution >= 4 is 23.8 Å². The third-order valence-electron chi connectivity index (χ3n) is 4.33. The van der Waals surface area contributed by atoms with Crippen molar-refractivity contribution in [3.8, 4) is 0 Å². The second-order valence-electron chi connectivity index (χ2n) is 5.90. The third kappa shape index (κ3) is 3.77. The summed E-state index contributed by atoms with van der Waals surface area (Å²) < 4.78 is 5.09. The number of pyridine rings is 1. The first-order chi connectivity index (χ1) is 11.1. The Kier molecular flexibility index (Phi) is 5.05. The van der Waals surface area contributed by atoms with Crippen LogP contribution in [0.2, 0.25) is 0 Å². The summed E-state index contributed by atoms with van der Waals surface area (Å²) >= 11 is 1.46. The maximum Gasteiger partial charge on any atom is 0.410 e. The molecule has 1 atom stereocenters. The summed E-state index contributed by atoms with van der Waals surface area (Å²) in [4.78, 5) is 32.0. The lowest BCUT2D eigenvalue weighted by atomic mass is 10.0. The number of cyclic esters (lactones) is 1. The van der Waals surface area contributed by atoms with E-state index < -0.39 is 0 Å². The van der Waals surface area contributed by atoms with E-state index in [0.29, 0.717) is 25.4 Å². The highest BCUT2D eigenvalue weighted by atomic mass is 32.2. The van der Waals surface area contributed by atoms with Gasteiger partial charge in [0.2, 0.25) is 5.91 Å². The van der Waals surface area contributed by atoms with E-state index in [1.165, 1.54) is 11.8 Å². The maximum atomic E-state index is 12.3. The molecular weight excluding hydrogens is 314 g/mol. The standard InChI is InChI=1S/C16H21N3O3S/c1-12-10-22-16(21)19(12)13-5-8-18(9-6-13)15(20)11-23-14-4-2-3-7-17-14/h2-4,7,12-13H,5-6,8-11H2,1H3. The highest BCUT2D eigenvalue weighted by Gasteiger charge is 2.37. The lowest BCUT2D eigenvalue weighted by Crippen LogP contribution is -2.49. The molecule has 2 fully saturated rings. The molecule has 6 nitrogen and oxygen atoms in total. The van der Waals surface area contributed by atoms with E-state index in [9.17, 15) is 9.59 Å². The zero-order valence-electron chi connectivity index (χ0n) is 13.2. The van der Waals surface area contributed by atoms with Crippen LogP contribution in [0.15, 0.2) is 29.4 Å². The summed E-state index contributed by atoms with van der Waals surface area (Å²) in [6.07, 6.45) is 3.15. The largest absolute Gasteiger partial charge is 0.447 e. The van der Waals surface area contributed by atoms with Gasteiger partial charge in [0.25, 0.3) is 0 Å². The van der Waals surface area contributed by atoms with Gasteiger partial charge < -0.3 is 9.64 Å². The van der Waals surface area contributed by atoms with Crippen molar-refractivity contribution in [2.24, 2.45) is 0 Å². The first-order valence-electron chi connectivity index (χ1n) is 7.92. The fourth-order valence-electron chi connectivity index (χ4n) is 3.09. The summed E-state index contributed by atoms with van der Waals surface area (Å²) in [5.41, 5.74) is 0. The smallest absolute Gasteiger partial charge is 0.410 e. The van der Waals surface area contributed by atoms with Gasteiger partial charge in [0, 0.05) is 25.3 Å².